The minimum atomic E-state index is -1.33. The van der Waals surface area contributed by atoms with Gasteiger partial charge in [0.2, 0.25) is 6.23 Å². The second-order valence-electron chi connectivity index (χ2n) is 4.67. The van der Waals surface area contributed by atoms with Crippen LogP contribution in [-0.4, -0.2) is 82.0 Å². The van der Waals surface area contributed by atoms with Crippen LogP contribution in [-0.2, 0) is 14.3 Å². The van der Waals surface area contributed by atoms with Gasteiger partial charge in [0.25, 0.3) is 5.91 Å². The number of hydrogen-bond donors (Lipinski definition) is 4. The van der Waals surface area contributed by atoms with Crippen LogP contribution >= 0.6 is 0 Å². The third kappa shape index (κ3) is 1.85. The molecule has 0 aromatic carbocycles. The maximum atomic E-state index is 11.6. The number of rotatable bonds is 2. The molecule has 6 unspecified atom stereocenters. The Morgan fingerprint density at radius 2 is 2.05 bits per heavy atom. The first-order chi connectivity index (χ1) is 9.52. The van der Waals surface area contributed by atoms with Gasteiger partial charge in [-0.2, -0.15) is 0 Å². The fourth-order valence-corrected chi connectivity index (χ4v) is 2.42. The molecule has 2 saturated heterocycles. The first-order valence-electron chi connectivity index (χ1n) is 5.97. The van der Waals surface area contributed by atoms with Crippen molar-refractivity contribution in [3.8, 4) is 0 Å². The van der Waals surface area contributed by atoms with Crippen LogP contribution in [0.5, 0.6) is 0 Å². The zero-order chi connectivity index (χ0) is 14.4. The summed E-state index contributed by atoms with van der Waals surface area (Å²) in [5.41, 5.74) is 0. The first-order valence-corrected chi connectivity index (χ1v) is 5.97. The third-order valence-corrected chi connectivity index (χ3v) is 3.46. The van der Waals surface area contributed by atoms with Crippen molar-refractivity contribution >= 4 is 18.3 Å². The van der Waals surface area contributed by atoms with Gasteiger partial charge in [0, 0.05) is 0 Å². The molecule has 20 heavy (non-hydrogen) atoms. The van der Waals surface area contributed by atoms with E-state index >= 15 is 0 Å². The average Bonchev–Trinajstić information content (AvgIpc) is 2.93. The Hall–Kier alpha value is -1.75. The quantitative estimate of drug-likeness (QED) is 0.414. The number of amides is 2. The maximum Gasteiger partial charge on any atom is 0.415 e. The van der Waals surface area contributed by atoms with E-state index in [2.05, 4.69) is 4.99 Å². The minimum Gasteiger partial charge on any atom is -0.422 e. The summed E-state index contributed by atoms with van der Waals surface area (Å²) in [5.74, 6) is -0.614. The number of aliphatic hydroxyl groups is 3. The van der Waals surface area contributed by atoms with Crippen molar-refractivity contribution in [1.82, 2.24) is 10.2 Å². The summed E-state index contributed by atoms with van der Waals surface area (Å²) in [6.07, 6.45) is -5.39. The molecule has 6 atom stereocenters. The Kier molecular flexibility index (Phi) is 3.09. The maximum absolute atomic E-state index is 11.6. The van der Waals surface area contributed by atoms with Crippen LogP contribution in [0.3, 0.4) is 0 Å². The molecule has 3 rings (SSSR count). The molecule has 0 aromatic rings. The van der Waals surface area contributed by atoms with Crippen LogP contribution < -0.4 is 5.32 Å². The summed E-state index contributed by atoms with van der Waals surface area (Å²) in [7, 11) is 0. The molecule has 0 saturated carbocycles. The number of aliphatic hydroxyl groups excluding tert-OH is 3. The summed E-state index contributed by atoms with van der Waals surface area (Å²) < 4.78 is 10.3. The predicted molar refractivity (Wildman–Crippen MR) is 60.3 cm³/mol. The summed E-state index contributed by atoms with van der Waals surface area (Å²) in [6, 6.07) is -0.950. The van der Waals surface area contributed by atoms with Crippen molar-refractivity contribution in [2.24, 2.45) is 4.99 Å². The van der Waals surface area contributed by atoms with E-state index in [9.17, 15) is 19.8 Å². The van der Waals surface area contributed by atoms with Gasteiger partial charge in [0.1, 0.15) is 18.3 Å². The zero-order valence-electron chi connectivity index (χ0n) is 10.1. The van der Waals surface area contributed by atoms with Gasteiger partial charge in [0.15, 0.2) is 12.3 Å². The van der Waals surface area contributed by atoms with Gasteiger partial charge in [-0.05, 0) is 0 Å². The Morgan fingerprint density at radius 3 is 2.70 bits per heavy atom. The number of carbonyl (C=O) groups excluding carboxylic acids is 2. The molecule has 0 aromatic heterocycles. The Labute approximate surface area is 112 Å². The predicted octanol–water partition coefficient (Wildman–Crippen LogP) is -3.27. The lowest BCUT2D eigenvalue weighted by atomic mass is 10.1. The largest absolute Gasteiger partial charge is 0.422 e. The van der Waals surface area contributed by atoms with Crippen molar-refractivity contribution in [1.29, 1.82) is 0 Å². The van der Waals surface area contributed by atoms with Gasteiger partial charge < -0.3 is 24.8 Å². The lowest BCUT2D eigenvalue weighted by Gasteiger charge is -2.34. The topological polar surface area (TPSA) is 141 Å². The number of fused-ring (bicyclic) bond motifs is 1. The lowest BCUT2D eigenvalue weighted by Crippen LogP contribution is -2.58. The molecule has 4 N–H and O–H groups in total. The van der Waals surface area contributed by atoms with Crippen molar-refractivity contribution < 1.29 is 34.4 Å². The zero-order valence-corrected chi connectivity index (χ0v) is 10.1. The number of nitrogens with zero attached hydrogens (tertiary/aromatic N) is 2. The van der Waals surface area contributed by atoms with E-state index in [0.29, 0.717) is 0 Å². The minimum absolute atomic E-state index is 0.478. The van der Waals surface area contributed by atoms with Crippen LogP contribution in [0.25, 0.3) is 0 Å². The first kappa shape index (κ1) is 13.2. The van der Waals surface area contributed by atoms with Crippen LogP contribution in [0.1, 0.15) is 0 Å². The SMILES string of the molecule is O=C1NC(=O)C2N=CN(C3OC(CO)C(O)C3O)C2O1. The Bertz CT molecular complexity index is 470. The number of imide groups is 1. The van der Waals surface area contributed by atoms with Gasteiger partial charge in [-0.25, -0.2) is 4.79 Å². The highest BCUT2D eigenvalue weighted by molar-refractivity contribution is 5.99. The van der Waals surface area contributed by atoms with Gasteiger partial charge in [-0.1, -0.05) is 0 Å². The van der Waals surface area contributed by atoms with Crippen LogP contribution in [0.2, 0.25) is 0 Å². The average molecular weight is 287 g/mol. The highest BCUT2D eigenvalue weighted by Gasteiger charge is 2.52. The molecule has 2 fully saturated rings. The summed E-state index contributed by atoms with van der Waals surface area (Å²) in [5, 5.41) is 30.6. The van der Waals surface area contributed by atoms with Crippen molar-refractivity contribution in [2.75, 3.05) is 6.61 Å². The molecule has 0 spiro atoms. The molecule has 10 heteroatoms. The fraction of sp³-hybridized carbons (Fsp3) is 0.700. The molecule has 0 aliphatic carbocycles. The van der Waals surface area contributed by atoms with E-state index in [1.807, 2.05) is 5.32 Å². The highest BCUT2D eigenvalue weighted by atomic mass is 16.6. The molecular formula is C10H13N3O7. The second kappa shape index (κ2) is 4.66. The lowest BCUT2D eigenvalue weighted by molar-refractivity contribution is -0.143. The standard InChI is InChI=1S/C10H13N3O7/c14-1-3-5(15)6(16)9(19-3)13-2-11-4-7(17)12-10(18)20-8(4)13/h2-6,8-9,14-16H,1H2,(H,12,17,18). The smallest absolute Gasteiger partial charge is 0.415 e. The molecule has 110 valence electrons. The normalized spacial score (nSPS) is 43.5. The monoisotopic (exact) mass is 287 g/mol. The third-order valence-electron chi connectivity index (χ3n) is 3.46. The van der Waals surface area contributed by atoms with Gasteiger partial charge in [-0.15, -0.1) is 0 Å². The van der Waals surface area contributed by atoms with E-state index in [1.54, 1.807) is 0 Å². The van der Waals surface area contributed by atoms with Crippen LogP contribution in [0, 0.1) is 0 Å². The number of alkyl carbamates (subject to hydrolysis) is 1. The number of hydrogen-bond acceptors (Lipinski definition) is 9. The Balaban J connectivity index is 1.80. The van der Waals surface area contributed by atoms with E-state index in [1.165, 1.54) is 11.2 Å². The summed E-state index contributed by atoms with van der Waals surface area (Å²) >= 11 is 0. The number of nitrogens with one attached hydrogen (secondary N) is 1. The number of aliphatic imine (C=N–C) groups is 1. The van der Waals surface area contributed by atoms with Gasteiger partial charge in [0.05, 0.1) is 12.9 Å². The number of carbonyl (C=O) groups is 2. The van der Waals surface area contributed by atoms with Crippen molar-refractivity contribution in [3.05, 3.63) is 0 Å². The summed E-state index contributed by atoms with van der Waals surface area (Å²) in [4.78, 5) is 27.9. The number of ether oxygens (including phenoxy) is 2. The molecule has 3 aliphatic rings. The van der Waals surface area contributed by atoms with Gasteiger partial charge >= 0.3 is 6.09 Å². The van der Waals surface area contributed by atoms with E-state index in [4.69, 9.17) is 14.6 Å². The van der Waals surface area contributed by atoms with Crippen molar-refractivity contribution in [2.45, 2.75) is 36.8 Å². The van der Waals surface area contributed by atoms with E-state index in [-0.39, 0.29) is 0 Å². The molecule has 0 radical (unpaired) electrons. The summed E-state index contributed by atoms with van der Waals surface area (Å²) in [6.45, 7) is -0.478. The van der Waals surface area contributed by atoms with E-state index < -0.39 is 55.4 Å². The van der Waals surface area contributed by atoms with E-state index in [0.717, 1.165) is 0 Å². The van der Waals surface area contributed by atoms with Crippen LogP contribution in [0.4, 0.5) is 4.79 Å². The second-order valence-corrected chi connectivity index (χ2v) is 4.67. The molecular weight excluding hydrogens is 274 g/mol. The Morgan fingerprint density at radius 1 is 1.30 bits per heavy atom. The molecule has 0 bridgehead atoms. The highest BCUT2D eigenvalue weighted by Crippen LogP contribution is 2.29. The molecule has 3 heterocycles. The molecule has 2 amide bonds. The molecule has 10 nitrogen and oxygen atoms in total. The molecule has 3 aliphatic heterocycles. The van der Waals surface area contributed by atoms with Crippen LogP contribution in [0.15, 0.2) is 4.99 Å². The fourth-order valence-electron chi connectivity index (χ4n) is 2.42. The van der Waals surface area contributed by atoms with Gasteiger partial charge in [-0.3, -0.25) is 20.0 Å². The van der Waals surface area contributed by atoms with Crippen molar-refractivity contribution in [3.63, 3.8) is 0 Å².